The van der Waals surface area contributed by atoms with Crippen molar-refractivity contribution in [3.63, 3.8) is 0 Å². The highest BCUT2D eigenvalue weighted by molar-refractivity contribution is 9.12. The first kappa shape index (κ1) is 18.9. The van der Waals surface area contributed by atoms with Crippen molar-refractivity contribution in [3.05, 3.63) is 45.4 Å². The summed E-state index contributed by atoms with van der Waals surface area (Å²) in [7, 11) is 1.11. The molecule has 0 heterocycles. The standard InChI is InChI=1S/C18H15BrO6/c1-9(20)7-14(21)12(18(24)25-2)8-13-15(19)17(23)11-6-4-3-5-10(11)16(13)22/h3-6,12H,7-8H2,1-2H3. The van der Waals surface area contributed by atoms with E-state index in [-0.39, 0.29) is 27.6 Å². The Bertz CT molecular complexity index is 821. The summed E-state index contributed by atoms with van der Waals surface area (Å²) in [4.78, 5) is 60.5. The Morgan fingerprint density at radius 3 is 2.16 bits per heavy atom. The van der Waals surface area contributed by atoms with Gasteiger partial charge in [0.2, 0.25) is 5.78 Å². The molecule has 0 saturated heterocycles. The van der Waals surface area contributed by atoms with Gasteiger partial charge in [-0.15, -0.1) is 0 Å². The molecule has 0 saturated carbocycles. The summed E-state index contributed by atoms with van der Waals surface area (Å²) < 4.78 is 4.63. The smallest absolute Gasteiger partial charge is 0.316 e. The molecule has 6 nitrogen and oxygen atoms in total. The fourth-order valence-corrected chi connectivity index (χ4v) is 3.18. The largest absolute Gasteiger partial charge is 0.468 e. The number of Topliss-reactive ketones (excluding diaryl/α,β-unsaturated/α-hetero) is 4. The molecule has 1 aromatic carbocycles. The SMILES string of the molecule is COC(=O)C(CC1=C(Br)C(=O)c2ccccc2C1=O)C(=O)CC(C)=O. The van der Waals surface area contributed by atoms with Crippen molar-refractivity contribution in [2.75, 3.05) is 7.11 Å². The van der Waals surface area contributed by atoms with Crippen LogP contribution in [0.4, 0.5) is 0 Å². The van der Waals surface area contributed by atoms with E-state index in [4.69, 9.17) is 0 Å². The molecule has 1 aromatic rings. The van der Waals surface area contributed by atoms with Crippen LogP contribution in [-0.4, -0.2) is 36.2 Å². The maximum Gasteiger partial charge on any atom is 0.316 e. The fraction of sp³-hybridized carbons (Fsp3) is 0.278. The number of rotatable bonds is 6. The monoisotopic (exact) mass is 406 g/mol. The number of ketones is 4. The van der Waals surface area contributed by atoms with Gasteiger partial charge in [-0.1, -0.05) is 24.3 Å². The van der Waals surface area contributed by atoms with Crippen molar-refractivity contribution in [3.8, 4) is 0 Å². The average Bonchev–Trinajstić information content (AvgIpc) is 2.58. The number of hydrogen-bond acceptors (Lipinski definition) is 6. The zero-order valence-corrected chi connectivity index (χ0v) is 15.2. The van der Waals surface area contributed by atoms with E-state index in [2.05, 4.69) is 20.7 Å². The summed E-state index contributed by atoms with van der Waals surface area (Å²) in [6.07, 6.45) is -0.748. The molecular weight excluding hydrogens is 392 g/mol. The van der Waals surface area contributed by atoms with Gasteiger partial charge in [0.15, 0.2) is 11.6 Å². The Morgan fingerprint density at radius 1 is 1.08 bits per heavy atom. The number of halogens is 1. The Kier molecular flexibility index (Phi) is 5.79. The molecular formula is C18H15BrO6. The van der Waals surface area contributed by atoms with Crippen LogP contribution in [-0.2, 0) is 19.1 Å². The first-order valence-electron chi connectivity index (χ1n) is 7.45. The highest BCUT2D eigenvalue weighted by Crippen LogP contribution is 2.33. The molecule has 1 atom stereocenters. The minimum atomic E-state index is -1.32. The molecule has 0 aromatic heterocycles. The van der Waals surface area contributed by atoms with Crippen molar-refractivity contribution in [1.29, 1.82) is 0 Å². The maximum atomic E-state index is 12.7. The Balaban J connectivity index is 2.41. The Morgan fingerprint density at radius 2 is 1.64 bits per heavy atom. The quantitative estimate of drug-likeness (QED) is 0.531. The molecule has 1 unspecified atom stereocenters. The van der Waals surface area contributed by atoms with Gasteiger partial charge in [0, 0.05) is 16.7 Å². The van der Waals surface area contributed by atoms with Crippen LogP contribution in [0.1, 0.15) is 40.5 Å². The second-order valence-electron chi connectivity index (χ2n) is 5.62. The average molecular weight is 407 g/mol. The van der Waals surface area contributed by atoms with Crippen LogP contribution in [0.3, 0.4) is 0 Å². The molecule has 0 radical (unpaired) electrons. The van der Waals surface area contributed by atoms with E-state index in [1.807, 2.05) is 0 Å². The normalized spacial score (nSPS) is 14.8. The fourth-order valence-electron chi connectivity index (χ4n) is 2.62. The van der Waals surface area contributed by atoms with E-state index < -0.39 is 41.4 Å². The molecule has 1 aliphatic carbocycles. The van der Waals surface area contributed by atoms with E-state index in [1.54, 1.807) is 12.1 Å². The number of carbonyl (C=O) groups excluding carboxylic acids is 5. The molecule has 2 rings (SSSR count). The van der Waals surface area contributed by atoms with Gasteiger partial charge in [0.05, 0.1) is 18.0 Å². The Hall–Kier alpha value is -2.41. The van der Waals surface area contributed by atoms with E-state index in [9.17, 15) is 24.0 Å². The van der Waals surface area contributed by atoms with Gasteiger partial charge in [-0.3, -0.25) is 24.0 Å². The number of carbonyl (C=O) groups is 5. The predicted molar refractivity (Wildman–Crippen MR) is 91.5 cm³/mol. The van der Waals surface area contributed by atoms with Gasteiger partial charge in [-0.2, -0.15) is 0 Å². The van der Waals surface area contributed by atoms with Crippen LogP contribution in [0.2, 0.25) is 0 Å². The molecule has 0 N–H and O–H groups in total. The minimum Gasteiger partial charge on any atom is -0.468 e. The van der Waals surface area contributed by atoms with Crippen LogP contribution in [0, 0.1) is 5.92 Å². The summed E-state index contributed by atoms with van der Waals surface area (Å²) in [5.74, 6) is -4.05. The lowest BCUT2D eigenvalue weighted by Gasteiger charge is -2.20. The zero-order valence-electron chi connectivity index (χ0n) is 13.6. The number of allylic oxidation sites excluding steroid dienone is 2. The summed E-state index contributed by atoms with van der Waals surface area (Å²) in [6, 6.07) is 6.31. The topological polar surface area (TPSA) is 94.6 Å². The van der Waals surface area contributed by atoms with Gasteiger partial charge in [-0.25, -0.2) is 0 Å². The molecule has 7 heteroatoms. The minimum absolute atomic E-state index is 0.0146. The Labute approximate surface area is 152 Å². The lowest BCUT2D eigenvalue weighted by Crippen LogP contribution is -2.30. The van der Waals surface area contributed by atoms with Crippen molar-refractivity contribution >= 4 is 45.0 Å². The second kappa shape index (κ2) is 7.65. The first-order valence-corrected chi connectivity index (χ1v) is 8.24. The number of esters is 1. The molecule has 0 aliphatic heterocycles. The first-order chi connectivity index (χ1) is 11.8. The van der Waals surface area contributed by atoms with Gasteiger partial charge >= 0.3 is 5.97 Å². The molecule has 130 valence electrons. The van der Waals surface area contributed by atoms with Crippen molar-refractivity contribution in [2.24, 2.45) is 5.92 Å². The van der Waals surface area contributed by atoms with E-state index in [0.717, 1.165) is 7.11 Å². The van der Waals surface area contributed by atoms with E-state index >= 15 is 0 Å². The third-order valence-corrected chi connectivity index (χ3v) is 4.70. The van der Waals surface area contributed by atoms with Crippen LogP contribution >= 0.6 is 15.9 Å². The summed E-state index contributed by atoms with van der Waals surface area (Å²) in [5, 5.41) is 0. The molecule has 1 aliphatic rings. The second-order valence-corrected chi connectivity index (χ2v) is 6.41. The lowest BCUT2D eigenvalue weighted by atomic mass is 9.83. The summed E-state index contributed by atoms with van der Waals surface area (Å²) in [5.41, 5.74) is 0.497. The van der Waals surface area contributed by atoms with Crippen molar-refractivity contribution in [1.82, 2.24) is 0 Å². The van der Waals surface area contributed by atoms with Crippen molar-refractivity contribution in [2.45, 2.75) is 19.8 Å². The lowest BCUT2D eigenvalue weighted by molar-refractivity contribution is -0.149. The van der Waals surface area contributed by atoms with Gasteiger partial charge < -0.3 is 4.74 Å². The van der Waals surface area contributed by atoms with Crippen LogP contribution in [0.15, 0.2) is 34.3 Å². The van der Waals surface area contributed by atoms with Crippen LogP contribution in [0.5, 0.6) is 0 Å². The molecule has 25 heavy (non-hydrogen) atoms. The third kappa shape index (κ3) is 3.82. The number of fused-ring (bicyclic) bond motifs is 1. The summed E-state index contributed by atoms with van der Waals surface area (Å²) >= 11 is 3.11. The number of ether oxygens (including phenoxy) is 1. The highest BCUT2D eigenvalue weighted by Gasteiger charge is 2.36. The highest BCUT2D eigenvalue weighted by atomic mass is 79.9. The molecule has 0 spiro atoms. The van der Waals surface area contributed by atoms with Gasteiger partial charge in [0.1, 0.15) is 11.7 Å². The number of hydrogen-bond donors (Lipinski definition) is 0. The third-order valence-electron chi connectivity index (χ3n) is 3.86. The van der Waals surface area contributed by atoms with Crippen LogP contribution in [0.25, 0.3) is 0 Å². The maximum absolute atomic E-state index is 12.7. The van der Waals surface area contributed by atoms with Crippen LogP contribution < -0.4 is 0 Å². The van der Waals surface area contributed by atoms with Crippen molar-refractivity contribution < 1.29 is 28.7 Å². The van der Waals surface area contributed by atoms with E-state index in [1.165, 1.54) is 19.1 Å². The summed E-state index contributed by atoms with van der Waals surface area (Å²) in [6.45, 7) is 1.23. The van der Waals surface area contributed by atoms with Gasteiger partial charge in [0.25, 0.3) is 0 Å². The molecule has 0 amide bonds. The van der Waals surface area contributed by atoms with E-state index in [0.29, 0.717) is 0 Å². The zero-order chi connectivity index (χ0) is 18.7. The number of methoxy groups -OCH3 is 1. The molecule has 0 bridgehead atoms. The number of benzene rings is 1. The predicted octanol–water partition coefficient (Wildman–Crippen LogP) is 2.44. The van der Waals surface area contributed by atoms with Gasteiger partial charge in [-0.05, 0) is 29.3 Å². The molecule has 0 fully saturated rings.